The first kappa shape index (κ1) is 19.1. The third kappa shape index (κ3) is 4.72. The van der Waals surface area contributed by atoms with Crippen LogP contribution < -0.4 is 0 Å². The van der Waals surface area contributed by atoms with E-state index in [-0.39, 0.29) is 18.6 Å². The fourth-order valence-electron chi connectivity index (χ4n) is 4.68. The number of hydrogen-bond acceptors (Lipinski definition) is 4. The molecular weight excluding hydrogens is 332 g/mol. The maximum atomic E-state index is 10.5. The van der Waals surface area contributed by atoms with Crippen LogP contribution in [0, 0.1) is 23.7 Å². The predicted octanol–water partition coefficient (Wildman–Crippen LogP) is 2.79. The van der Waals surface area contributed by atoms with Crippen LogP contribution in [-0.2, 0) is 9.53 Å². The van der Waals surface area contributed by atoms with E-state index in [0.29, 0.717) is 24.4 Å². The minimum atomic E-state index is -0.932. The number of aliphatic hydroxyl groups is 2. The average Bonchev–Trinajstić information content (AvgIpc) is 3.14. The third-order valence-corrected chi connectivity index (χ3v) is 5.88. The lowest BCUT2D eigenvalue weighted by molar-refractivity contribution is -0.142. The minimum Gasteiger partial charge on any atom is -0.480 e. The molecule has 3 rings (SSSR count). The van der Waals surface area contributed by atoms with Crippen molar-refractivity contribution >= 4 is 5.97 Å². The summed E-state index contributed by atoms with van der Waals surface area (Å²) in [5, 5.41) is 29.3. The van der Waals surface area contributed by atoms with E-state index in [2.05, 4.69) is 0 Å². The number of benzene rings is 1. The molecule has 0 spiro atoms. The van der Waals surface area contributed by atoms with Crippen molar-refractivity contribution in [2.75, 3.05) is 13.2 Å². The molecule has 2 aliphatic rings. The van der Waals surface area contributed by atoms with Crippen molar-refractivity contribution in [3.05, 3.63) is 48.0 Å². The van der Waals surface area contributed by atoms with Gasteiger partial charge in [-0.1, -0.05) is 42.5 Å². The van der Waals surface area contributed by atoms with Crippen LogP contribution >= 0.6 is 0 Å². The number of rotatable bonds is 8. The van der Waals surface area contributed by atoms with Gasteiger partial charge in [-0.25, -0.2) is 4.79 Å². The third-order valence-electron chi connectivity index (χ3n) is 5.88. The van der Waals surface area contributed by atoms with Gasteiger partial charge >= 0.3 is 5.97 Å². The summed E-state index contributed by atoms with van der Waals surface area (Å²) in [7, 11) is 0. The molecule has 6 atom stereocenters. The van der Waals surface area contributed by atoms with Gasteiger partial charge in [0.15, 0.2) is 0 Å². The largest absolute Gasteiger partial charge is 0.480 e. The van der Waals surface area contributed by atoms with Gasteiger partial charge in [-0.15, -0.1) is 0 Å². The number of hydrogen-bond donors (Lipinski definition) is 3. The maximum absolute atomic E-state index is 10.5. The van der Waals surface area contributed by atoms with Crippen LogP contribution in [0.5, 0.6) is 0 Å². The van der Waals surface area contributed by atoms with Crippen molar-refractivity contribution in [3.8, 4) is 0 Å². The molecule has 0 amide bonds. The van der Waals surface area contributed by atoms with Crippen molar-refractivity contribution in [2.24, 2.45) is 23.7 Å². The highest BCUT2D eigenvalue weighted by Gasteiger charge is 2.46. The van der Waals surface area contributed by atoms with E-state index in [4.69, 9.17) is 9.84 Å². The van der Waals surface area contributed by atoms with E-state index < -0.39 is 12.1 Å². The van der Waals surface area contributed by atoms with Crippen molar-refractivity contribution in [1.29, 1.82) is 0 Å². The molecule has 5 nitrogen and oxygen atoms in total. The fraction of sp³-hybridized carbons (Fsp3) is 0.571. The molecule has 2 saturated carbocycles. The van der Waals surface area contributed by atoms with Gasteiger partial charge in [-0.3, -0.25) is 0 Å². The monoisotopic (exact) mass is 360 g/mol. The quantitative estimate of drug-likeness (QED) is 0.490. The Morgan fingerprint density at radius 1 is 1.23 bits per heavy atom. The molecule has 142 valence electrons. The van der Waals surface area contributed by atoms with Gasteiger partial charge < -0.3 is 20.1 Å². The maximum Gasteiger partial charge on any atom is 0.329 e. The van der Waals surface area contributed by atoms with Gasteiger partial charge in [0.1, 0.15) is 6.61 Å². The topological polar surface area (TPSA) is 87.0 Å². The molecular formula is C21H28O5. The minimum absolute atomic E-state index is 0.0864. The highest BCUT2D eigenvalue weighted by Crippen LogP contribution is 2.51. The van der Waals surface area contributed by atoms with E-state index >= 15 is 0 Å². The summed E-state index contributed by atoms with van der Waals surface area (Å²) in [5.74, 6) is 0.634. The van der Waals surface area contributed by atoms with Crippen LogP contribution in [0.15, 0.2) is 42.5 Å². The molecule has 3 N–H and O–H groups in total. The van der Waals surface area contributed by atoms with E-state index in [1.165, 1.54) is 0 Å². The van der Waals surface area contributed by atoms with Crippen molar-refractivity contribution in [1.82, 2.24) is 0 Å². The van der Waals surface area contributed by atoms with Crippen LogP contribution in [-0.4, -0.2) is 40.6 Å². The zero-order valence-electron chi connectivity index (χ0n) is 14.9. The SMILES string of the molecule is O=C(O)COCCC1C[C@H]2C[C@@H](O)[C@H](C=CC(O)c3ccccc3)[C@@H]2C1. The molecule has 26 heavy (non-hydrogen) atoms. The second-order valence-corrected chi connectivity index (χ2v) is 7.62. The second-order valence-electron chi connectivity index (χ2n) is 7.62. The highest BCUT2D eigenvalue weighted by molar-refractivity contribution is 5.67. The number of carbonyl (C=O) groups is 1. The first-order chi connectivity index (χ1) is 12.5. The molecule has 0 saturated heterocycles. The summed E-state index contributed by atoms with van der Waals surface area (Å²) in [6.45, 7) is 0.243. The Morgan fingerprint density at radius 3 is 2.73 bits per heavy atom. The van der Waals surface area contributed by atoms with Crippen LogP contribution in [0.3, 0.4) is 0 Å². The average molecular weight is 360 g/mol. The van der Waals surface area contributed by atoms with E-state index in [1.807, 2.05) is 36.4 Å². The first-order valence-electron chi connectivity index (χ1n) is 9.43. The summed E-state index contributed by atoms with van der Waals surface area (Å²) in [4.78, 5) is 10.5. The fourth-order valence-corrected chi connectivity index (χ4v) is 4.68. The Hall–Kier alpha value is -1.69. The Bertz CT molecular complexity index is 614. The number of carboxylic acids is 1. The number of aliphatic hydroxyl groups excluding tert-OH is 2. The lowest BCUT2D eigenvalue weighted by Crippen LogP contribution is -2.18. The summed E-state index contributed by atoms with van der Waals surface area (Å²) < 4.78 is 5.16. The Labute approximate surface area is 154 Å². The number of ether oxygens (including phenoxy) is 1. The van der Waals surface area contributed by atoms with E-state index in [9.17, 15) is 15.0 Å². The lowest BCUT2D eigenvalue weighted by Gasteiger charge is -2.19. The van der Waals surface area contributed by atoms with Gasteiger partial charge in [-0.2, -0.15) is 0 Å². The van der Waals surface area contributed by atoms with Gasteiger partial charge in [0.2, 0.25) is 0 Å². The van der Waals surface area contributed by atoms with Gasteiger partial charge in [-0.05, 0) is 49.0 Å². The second kappa shape index (κ2) is 8.80. The number of fused-ring (bicyclic) bond motifs is 1. The van der Waals surface area contributed by atoms with Gasteiger partial charge in [0.25, 0.3) is 0 Å². The van der Waals surface area contributed by atoms with Gasteiger partial charge in [0, 0.05) is 12.5 Å². The summed E-state index contributed by atoms with van der Waals surface area (Å²) in [6.07, 6.45) is 6.61. The molecule has 2 aliphatic carbocycles. The van der Waals surface area contributed by atoms with E-state index in [1.54, 1.807) is 6.08 Å². The molecule has 2 fully saturated rings. The highest BCUT2D eigenvalue weighted by atomic mass is 16.5. The van der Waals surface area contributed by atoms with Crippen LogP contribution in [0.25, 0.3) is 0 Å². The number of carboxylic acid groups (broad SMARTS) is 1. The smallest absolute Gasteiger partial charge is 0.329 e. The van der Waals surface area contributed by atoms with Crippen LogP contribution in [0.1, 0.15) is 37.4 Å². The normalized spacial score (nSPS) is 32.0. The molecule has 1 aromatic rings. The molecule has 2 unspecified atom stereocenters. The zero-order chi connectivity index (χ0) is 18.5. The summed E-state index contributed by atoms with van der Waals surface area (Å²) in [5.41, 5.74) is 0.854. The Kier molecular flexibility index (Phi) is 6.46. The molecule has 0 heterocycles. The molecule has 5 heteroatoms. The summed E-state index contributed by atoms with van der Waals surface area (Å²) >= 11 is 0. The van der Waals surface area contributed by atoms with Crippen molar-refractivity contribution in [2.45, 2.75) is 37.9 Å². The Balaban J connectivity index is 1.52. The zero-order valence-corrected chi connectivity index (χ0v) is 14.9. The standard InChI is InChI=1S/C21H28O5/c22-19(15-4-2-1-3-5-15)7-6-17-18-11-14(8-9-26-13-21(24)25)10-16(18)12-20(17)23/h1-7,14,16-20,22-23H,8-13H2,(H,24,25)/t14?,16-,17+,18+,19?,20+/m0/s1. The number of aliphatic carboxylic acids is 1. The van der Waals surface area contributed by atoms with Crippen molar-refractivity contribution < 1.29 is 24.9 Å². The molecule has 1 aromatic carbocycles. The molecule has 0 aliphatic heterocycles. The van der Waals surface area contributed by atoms with Crippen LogP contribution in [0.4, 0.5) is 0 Å². The predicted molar refractivity (Wildman–Crippen MR) is 97.4 cm³/mol. The Morgan fingerprint density at radius 2 is 2.00 bits per heavy atom. The van der Waals surface area contributed by atoms with Gasteiger partial charge in [0.05, 0.1) is 12.2 Å². The van der Waals surface area contributed by atoms with E-state index in [0.717, 1.165) is 31.2 Å². The summed E-state index contributed by atoms with van der Waals surface area (Å²) in [6, 6.07) is 9.52. The molecule has 0 bridgehead atoms. The molecule has 0 radical (unpaired) electrons. The van der Waals surface area contributed by atoms with Crippen molar-refractivity contribution in [3.63, 3.8) is 0 Å². The molecule has 0 aromatic heterocycles. The van der Waals surface area contributed by atoms with Crippen LogP contribution in [0.2, 0.25) is 0 Å². The lowest BCUT2D eigenvalue weighted by atomic mass is 9.89. The first-order valence-corrected chi connectivity index (χ1v) is 9.43.